The van der Waals surface area contributed by atoms with E-state index in [1.165, 1.54) is 7.11 Å². The molecule has 92 valence electrons. The van der Waals surface area contributed by atoms with Crippen LogP contribution in [0.1, 0.15) is 16.1 Å². The van der Waals surface area contributed by atoms with Gasteiger partial charge in [-0.15, -0.1) is 10.2 Å². The number of rotatable bonds is 4. The van der Waals surface area contributed by atoms with Gasteiger partial charge in [-0.25, -0.2) is 4.79 Å². The number of hydrogen-bond acceptors (Lipinski definition) is 6. The van der Waals surface area contributed by atoms with E-state index in [1.807, 2.05) is 12.1 Å². The fourth-order valence-corrected chi connectivity index (χ4v) is 1.34. The zero-order valence-electron chi connectivity index (χ0n) is 9.83. The lowest BCUT2D eigenvalue weighted by Crippen LogP contribution is -2.08. The summed E-state index contributed by atoms with van der Waals surface area (Å²) in [4.78, 5) is 15.2. The summed E-state index contributed by atoms with van der Waals surface area (Å²) in [7, 11) is 1.30. The Morgan fingerprint density at radius 2 is 2.22 bits per heavy atom. The van der Waals surface area contributed by atoms with E-state index >= 15 is 0 Å². The minimum absolute atomic E-state index is 0.185. The lowest BCUT2D eigenvalue weighted by Gasteiger charge is -2.04. The van der Waals surface area contributed by atoms with Crippen LogP contribution < -0.4 is 5.32 Å². The van der Waals surface area contributed by atoms with Gasteiger partial charge in [0.15, 0.2) is 5.69 Å². The molecule has 0 bridgehead atoms. The van der Waals surface area contributed by atoms with Gasteiger partial charge in [-0.2, -0.15) is 0 Å². The molecule has 0 spiro atoms. The molecular formula is C12H12N4O2. The number of esters is 1. The van der Waals surface area contributed by atoms with E-state index < -0.39 is 5.97 Å². The molecule has 0 saturated carbocycles. The fourth-order valence-electron chi connectivity index (χ4n) is 1.34. The number of carbonyl (C=O) groups excluding carboxylic acids is 1. The molecule has 6 heteroatoms. The van der Waals surface area contributed by atoms with Gasteiger partial charge in [0.2, 0.25) is 0 Å². The van der Waals surface area contributed by atoms with E-state index in [4.69, 9.17) is 0 Å². The van der Waals surface area contributed by atoms with Crippen molar-refractivity contribution in [1.29, 1.82) is 0 Å². The van der Waals surface area contributed by atoms with Gasteiger partial charge >= 0.3 is 5.97 Å². The highest BCUT2D eigenvalue weighted by Gasteiger charge is 2.07. The first-order chi connectivity index (χ1) is 8.79. The van der Waals surface area contributed by atoms with Gasteiger partial charge in [-0.05, 0) is 23.8 Å². The Morgan fingerprint density at radius 1 is 1.33 bits per heavy atom. The highest BCUT2D eigenvalue weighted by molar-refractivity contribution is 5.86. The zero-order valence-corrected chi connectivity index (χ0v) is 9.83. The predicted molar refractivity (Wildman–Crippen MR) is 64.9 cm³/mol. The quantitative estimate of drug-likeness (QED) is 0.816. The summed E-state index contributed by atoms with van der Waals surface area (Å²) in [5.74, 6) is 0.0906. The Balaban J connectivity index is 1.97. The van der Waals surface area contributed by atoms with Crippen molar-refractivity contribution >= 4 is 11.8 Å². The second-order valence-electron chi connectivity index (χ2n) is 3.51. The van der Waals surface area contributed by atoms with Crippen LogP contribution in [0.3, 0.4) is 0 Å². The number of carbonyl (C=O) groups is 1. The van der Waals surface area contributed by atoms with Crippen LogP contribution in [0, 0.1) is 0 Å². The third-order valence-corrected chi connectivity index (χ3v) is 2.26. The van der Waals surface area contributed by atoms with E-state index in [9.17, 15) is 4.79 Å². The molecule has 2 rings (SSSR count). The molecular weight excluding hydrogens is 232 g/mol. The van der Waals surface area contributed by atoms with Gasteiger partial charge in [0, 0.05) is 18.9 Å². The van der Waals surface area contributed by atoms with Crippen molar-refractivity contribution in [2.75, 3.05) is 12.4 Å². The summed E-state index contributed by atoms with van der Waals surface area (Å²) in [6.45, 7) is 0.597. The number of methoxy groups -OCH3 is 1. The van der Waals surface area contributed by atoms with Crippen molar-refractivity contribution in [2.45, 2.75) is 6.54 Å². The van der Waals surface area contributed by atoms with Gasteiger partial charge in [0.25, 0.3) is 0 Å². The standard InChI is InChI=1S/C12H12N4O2/c1-18-12(17)10-4-5-11(16-15-10)14-8-9-3-2-6-13-7-9/h2-7H,8H2,1H3,(H,14,16). The summed E-state index contributed by atoms with van der Waals surface area (Å²) in [6, 6.07) is 7.05. The Hall–Kier alpha value is -2.50. The topological polar surface area (TPSA) is 77.0 Å². The summed E-state index contributed by atoms with van der Waals surface area (Å²) in [5, 5.41) is 10.7. The first-order valence-electron chi connectivity index (χ1n) is 5.34. The molecule has 0 saturated heterocycles. The molecule has 0 aliphatic carbocycles. The normalized spacial score (nSPS) is 9.83. The van der Waals surface area contributed by atoms with E-state index in [1.54, 1.807) is 24.5 Å². The average Bonchev–Trinajstić information content (AvgIpc) is 2.46. The maximum atomic E-state index is 11.2. The number of pyridine rings is 1. The first kappa shape index (κ1) is 12.0. The van der Waals surface area contributed by atoms with Crippen LogP contribution >= 0.6 is 0 Å². The van der Waals surface area contributed by atoms with E-state index in [-0.39, 0.29) is 5.69 Å². The minimum atomic E-state index is -0.499. The Bertz CT molecular complexity index is 513. The van der Waals surface area contributed by atoms with Crippen LogP contribution in [0.4, 0.5) is 5.82 Å². The molecule has 0 atom stereocenters. The van der Waals surface area contributed by atoms with Crippen molar-refractivity contribution in [3.05, 3.63) is 47.9 Å². The van der Waals surface area contributed by atoms with Crippen molar-refractivity contribution in [3.8, 4) is 0 Å². The fraction of sp³-hybridized carbons (Fsp3) is 0.167. The van der Waals surface area contributed by atoms with Crippen LogP contribution in [-0.2, 0) is 11.3 Å². The molecule has 0 fully saturated rings. The van der Waals surface area contributed by atoms with Crippen LogP contribution in [-0.4, -0.2) is 28.3 Å². The number of hydrogen-bond donors (Lipinski definition) is 1. The van der Waals surface area contributed by atoms with E-state index in [0.29, 0.717) is 12.4 Å². The van der Waals surface area contributed by atoms with Gasteiger partial charge < -0.3 is 10.1 Å². The van der Waals surface area contributed by atoms with Crippen molar-refractivity contribution < 1.29 is 9.53 Å². The van der Waals surface area contributed by atoms with Crippen molar-refractivity contribution in [3.63, 3.8) is 0 Å². The molecule has 0 amide bonds. The molecule has 2 aromatic heterocycles. The van der Waals surface area contributed by atoms with Crippen LogP contribution in [0.2, 0.25) is 0 Å². The number of anilines is 1. The predicted octanol–water partition coefficient (Wildman–Crippen LogP) is 1.27. The summed E-state index contributed by atoms with van der Waals surface area (Å²) in [5.41, 5.74) is 1.22. The number of aromatic nitrogens is 3. The monoisotopic (exact) mass is 244 g/mol. The Kier molecular flexibility index (Phi) is 3.80. The van der Waals surface area contributed by atoms with Gasteiger partial charge in [0.05, 0.1) is 7.11 Å². The summed E-state index contributed by atoms with van der Waals surface area (Å²) in [6.07, 6.45) is 3.48. The molecule has 1 N–H and O–H groups in total. The number of nitrogens with zero attached hydrogens (tertiary/aromatic N) is 3. The third-order valence-electron chi connectivity index (χ3n) is 2.26. The van der Waals surface area contributed by atoms with E-state index in [0.717, 1.165) is 5.56 Å². The SMILES string of the molecule is COC(=O)c1ccc(NCc2cccnc2)nn1. The molecule has 0 radical (unpaired) electrons. The highest BCUT2D eigenvalue weighted by atomic mass is 16.5. The second-order valence-corrected chi connectivity index (χ2v) is 3.51. The lowest BCUT2D eigenvalue weighted by atomic mass is 10.3. The van der Waals surface area contributed by atoms with Crippen molar-refractivity contribution in [1.82, 2.24) is 15.2 Å². The molecule has 2 heterocycles. The van der Waals surface area contributed by atoms with Gasteiger partial charge in [0.1, 0.15) is 5.82 Å². The van der Waals surface area contributed by atoms with E-state index in [2.05, 4.69) is 25.2 Å². The van der Waals surface area contributed by atoms with Crippen LogP contribution in [0.15, 0.2) is 36.7 Å². The zero-order chi connectivity index (χ0) is 12.8. The van der Waals surface area contributed by atoms with Crippen molar-refractivity contribution in [2.24, 2.45) is 0 Å². The molecule has 18 heavy (non-hydrogen) atoms. The number of ether oxygens (including phenoxy) is 1. The Labute approximate surface area is 104 Å². The largest absolute Gasteiger partial charge is 0.464 e. The molecule has 6 nitrogen and oxygen atoms in total. The Morgan fingerprint density at radius 3 is 2.83 bits per heavy atom. The lowest BCUT2D eigenvalue weighted by molar-refractivity contribution is 0.0593. The maximum Gasteiger partial charge on any atom is 0.358 e. The number of nitrogens with one attached hydrogen (secondary N) is 1. The molecule has 0 unspecified atom stereocenters. The first-order valence-corrected chi connectivity index (χ1v) is 5.34. The summed E-state index contributed by atoms with van der Waals surface area (Å²) < 4.78 is 4.54. The maximum absolute atomic E-state index is 11.2. The molecule has 0 aliphatic rings. The average molecular weight is 244 g/mol. The molecule has 0 aliphatic heterocycles. The van der Waals surface area contributed by atoms with Gasteiger partial charge in [-0.3, -0.25) is 4.98 Å². The molecule has 2 aromatic rings. The second kappa shape index (κ2) is 5.72. The highest BCUT2D eigenvalue weighted by Crippen LogP contribution is 2.05. The molecule has 0 aromatic carbocycles. The van der Waals surface area contributed by atoms with Crippen LogP contribution in [0.5, 0.6) is 0 Å². The smallest absolute Gasteiger partial charge is 0.358 e. The third kappa shape index (κ3) is 3.00. The summed E-state index contributed by atoms with van der Waals surface area (Å²) >= 11 is 0. The van der Waals surface area contributed by atoms with Gasteiger partial charge in [-0.1, -0.05) is 6.07 Å². The van der Waals surface area contributed by atoms with Crippen LogP contribution in [0.25, 0.3) is 0 Å². The minimum Gasteiger partial charge on any atom is -0.464 e.